The fourth-order valence-electron chi connectivity index (χ4n) is 2.23. The van der Waals surface area contributed by atoms with Gasteiger partial charge in [0, 0.05) is 26.1 Å². The Morgan fingerprint density at radius 2 is 1.71 bits per heavy atom. The zero-order valence-electron chi connectivity index (χ0n) is 8.63. The van der Waals surface area contributed by atoms with Crippen molar-refractivity contribution in [3.05, 3.63) is 11.6 Å². The minimum Gasteiger partial charge on any atom is -0.381 e. The van der Waals surface area contributed by atoms with Crippen molar-refractivity contribution in [2.24, 2.45) is 5.92 Å². The molecule has 0 aromatic heterocycles. The molecule has 2 fully saturated rings. The zero-order valence-corrected chi connectivity index (χ0v) is 8.63. The minimum atomic E-state index is 0.439. The fourth-order valence-corrected chi connectivity index (χ4v) is 2.23. The number of carbonyl (C=O) groups is 1. The van der Waals surface area contributed by atoms with E-state index in [0.29, 0.717) is 11.7 Å². The molecule has 2 aliphatic rings. The van der Waals surface area contributed by atoms with Gasteiger partial charge in [0.05, 0.1) is 0 Å². The van der Waals surface area contributed by atoms with Crippen molar-refractivity contribution in [2.45, 2.75) is 38.5 Å². The van der Waals surface area contributed by atoms with Crippen LogP contribution < -0.4 is 0 Å². The lowest BCUT2D eigenvalue weighted by Gasteiger charge is -2.21. The summed E-state index contributed by atoms with van der Waals surface area (Å²) in [6, 6.07) is 0. The van der Waals surface area contributed by atoms with Gasteiger partial charge in [-0.1, -0.05) is 11.6 Å². The summed E-state index contributed by atoms with van der Waals surface area (Å²) >= 11 is 0. The molecule has 14 heavy (non-hydrogen) atoms. The Bertz CT molecular complexity index is 225. The van der Waals surface area contributed by atoms with Crippen molar-refractivity contribution < 1.29 is 9.53 Å². The van der Waals surface area contributed by atoms with Crippen molar-refractivity contribution in [3.8, 4) is 0 Å². The van der Waals surface area contributed by atoms with E-state index in [1.807, 2.05) is 0 Å². The molecule has 1 aliphatic heterocycles. The molecule has 0 aromatic carbocycles. The number of carbonyl (C=O) groups excluding carboxylic acids is 1. The molecule has 2 nitrogen and oxygen atoms in total. The van der Waals surface area contributed by atoms with Crippen LogP contribution in [-0.4, -0.2) is 19.0 Å². The van der Waals surface area contributed by atoms with Crippen LogP contribution in [0, 0.1) is 5.92 Å². The number of rotatable bonds is 1. The van der Waals surface area contributed by atoms with Crippen molar-refractivity contribution in [1.29, 1.82) is 0 Å². The Hall–Kier alpha value is -0.630. The maximum atomic E-state index is 11.1. The molecule has 0 spiro atoms. The Morgan fingerprint density at radius 3 is 2.36 bits per heavy atom. The Kier molecular flexibility index (Phi) is 3.35. The third-order valence-corrected chi connectivity index (χ3v) is 3.19. The van der Waals surface area contributed by atoms with Crippen LogP contribution in [0.2, 0.25) is 0 Å². The van der Waals surface area contributed by atoms with Crippen LogP contribution in [0.1, 0.15) is 38.5 Å². The van der Waals surface area contributed by atoms with Crippen LogP contribution in [0.25, 0.3) is 0 Å². The third-order valence-electron chi connectivity index (χ3n) is 3.19. The Balaban J connectivity index is 1.86. The molecule has 1 saturated carbocycles. The average Bonchev–Trinajstić information content (AvgIpc) is 2.23. The largest absolute Gasteiger partial charge is 0.381 e. The van der Waals surface area contributed by atoms with E-state index in [1.54, 1.807) is 0 Å². The molecule has 1 aliphatic carbocycles. The smallest absolute Gasteiger partial charge is 0.133 e. The van der Waals surface area contributed by atoms with Gasteiger partial charge in [0.15, 0.2) is 0 Å². The lowest BCUT2D eigenvalue weighted by atomic mass is 9.89. The Labute approximate surface area is 85.3 Å². The lowest BCUT2D eigenvalue weighted by Crippen LogP contribution is -2.15. The van der Waals surface area contributed by atoms with Crippen molar-refractivity contribution >= 4 is 5.78 Å². The van der Waals surface area contributed by atoms with E-state index >= 15 is 0 Å². The molecule has 78 valence electrons. The maximum absolute atomic E-state index is 11.1. The third kappa shape index (κ3) is 2.68. The monoisotopic (exact) mass is 194 g/mol. The first-order valence-corrected chi connectivity index (χ1v) is 5.63. The molecule has 2 heteroatoms. The molecule has 2 rings (SSSR count). The summed E-state index contributed by atoms with van der Waals surface area (Å²) in [6.45, 7) is 1.82. The molecular weight excluding hydrogens is 176 g/mol. The molecule has 1 heterocycles. The average molecular weight is 194 g/mol. The van der Waals surface area contributed by atoms with E-state index < -0.39 is 0 Å². The molecule has 1 saturated heterocycles. The van der Waals surface area contributed by atoms with Gasteiger partial charge < -0.3 is 4.74 Å². The van der Waals surface area contributed by atoms with E-state index in [9.17, 15) is 4.79 Å². The van der Waals surface area contributed by atoms with Gasteiger partial charge in [-0.3, -0.25) is 4.79 Å². The summed E-state index contributed by atoms with van der Waals surface area (Å²) in [5, 5.41) is 0. The molecule has 0 N–H and O–H groups in total. The van der Waals surface area contributed by atoms with Crippen molar-refractivity contribution in [2.75, 3.05) is 13.2 Å². The number of hydrogen-bond acceptors (Lipinski definition) is 2. The Morgan fingerprint density at radius 1 is 1.07 bits per heavy atom. The molecule has 0 bridgehead atoms. The molecular formula is C12H18O2. The van der Waals surface area contributed by atoms with E-state index in [-0.39, 0.29) is 0 Å². The SMILES string of the molecule is O=C1CCC(=CC2CCOCC2)CC1. The highest BCUT2D eigenvalue weighted by molar-refractivity contribution is 5.80. The number of ketones is 1. The molecule has 0 aromatic rings. The summed E-state index contributed by atoms with van der Waals surface area (Å²) in [4.78, 5) is 11.1. The van der Waals surface area contributed by atoms with E-state index in [1.165, 1.54) is 5.57 Å². The van der Waals surface area contributed by atoms with Crippen LogP contribution >= 0.6 is 0 Å². The second-order valence-electron chi connectivity index (χ2n) is 4.31. The van der Waals surface area contributed by atoms with Crippen LogP contribution in [0.3, 0.4) is 0 Å². The van der Waals surface area contributed by atoms with Crippen LogP contribution in [0.15, 0.2) is 11.6 Å². The molecule has 0 radical (unpaired) electrons. The summed E-state index contributed by atoms with van der Waals surface area (Å²) in [5.41, 5.74) is 1.51. The van der Waals surface area contributed by atoms with Gasteiger partial charge >= 0.3 is 0 Å². The highest BCUT2D eigenvalue weighted by Crippen LogP contribution is 2.25. The van der Waals surface area contributed by atoms with Crippen molar-refractivity contribution in [1.82, 2.24) is 0 Å². The first-order valence-electron chi connectivity index (χ1n) is 5.63. The minimum absolute atomic E-state index is 0.439. The summed E-state index contributed by atoms with van der Waals surface area (Å²) in [6.07, 6.45) is 8.31. The van der Waals surface area contributed by atoms with Crippen molar-refractivity contribution in [3.63, 3.8) is 0 Å². The predicted octanol–water partition coefficient (Wildman–Crippen LogP) is 2.48. The zero-order chi connectivity index (χ0) is 9.80. The molecule has 0 atom stereocenters. The highest BCUT2D eigenvalue weighted by atomic mass is 16.5. The second-order valence-corrected chi connectivity index (χ2v) is 4.31. The van der Waals surface area contributed by atoms with Gasteiger partial charge in [-0.05, 0) is 31.6 Å². The van der Waals surface area contributed by atoms with Crippen LogP contribution in [0.5, 0.6) is 0 Å². The van der Waals surface area contributed by atoms with E-state index in [0.717, 1.165) is 51.7 Å². The predicted molar refractivity (Wildman–Crippen MR) is 55.1 cm³/mol. The summed E-state index contributed by atoms with van der Waals surface area (Å²) in [5.74, 6) is 1.15. The van der Waals surface area contributed by atoms with Crippen LogP contribution in [0.4, 0.5) is 0 Å². The van der Waals surface area contributed by atoms with Crippen LogP contribution in [-0.2, 0) is 9.53 Å². The highest BCUT2D eigenvalue weighted by Gasteiger charge is 2.16. The summed E-state index contributed by atoms with van der Waals surface area (Å²) < 4.78 is 5.32. The van der Waals surface area contributed by atoms with E-state index in [2.05, 4.69) is 6.08 Å². The van der Waals surface area contributed by atoms with Gasteiger partial charge in [-0.15, -0.1) is 0 Å². The summed E-state index contributed by atoms with van der Waals surface area (Å²) in [7, 11) is 0. The normalized spacial score (nSPS) is 25.1. The fraction of sp³-hybridized carbons (Fsp3) is 0.750. The van der Waals surface area contributed by atoms with Gasteiger partial charge in [-0.25, -0.2) is 0 Å². The number of hydrogen-bond donors (Lipinski definition) is 0. The lowest BCUT2D eigenvalue weighted by molar-refractivity contribution is -0.119. The van der Waals surface area contributed by atoms with Gasteiger partial charge in [0.1, 0.15) is 5.78 Å². The number of allylic oxidation sites excluding steroid dienone is 2. The van der Waals surface area contributed by atoms with Gasteiger partial charge in [0.25, 0.3) is 0 Å². The quantitative estimate of drug-likeness (QED) is 0.599. The maximum Gasteiger partial charge on any atom is 0.133 e. The first-order chi connectivity index (χ1) is 6.84. The van der Waals surface area contributed by atoms with E-state index in [4.69, 9.17) is 4.74 Å². The first kappa shape index (κ1) is 9.91. The standard InChI is InChI=1S/C12H18O2/c13-12-3-1-10(2-4-12)9-11-5-7-14-8-6-11/h9,11H,1-8H2. The molecule has 0 unspecified atom stereocenters. The van der Waals surface area contributed by atoms with Gasteiger partial charge in [-0.2, -0.15) is 0 Å². The number of ether oxygens (including phenoxy) is 1. The second kappa shape index (κ2) is 4.74. The molecule has 0 amide bonds. The van der Waals surface area contributed by atoms with Gasteiger partial charge in [0.2, 0.25) is 0 Å². The number of Topliss-reactive ketones (excluding diaryl/α,β-unsaturated/α-hetero) is 1. The topological polar surface area (TPSA) is 26.3 Å².